The molecule has 6 nitrogen and oxygen atoms in total. The van der Waals surface area contributed by atoms with Gasteiger partial charge in [0.25, 0.3) is 0 Å². The van der Waals surface area contributed by atoms with E-state index in [0.29, 0.717) is 18.0 Å². The van der Waals surface area contributed by atoms with Gasteiger partial charge in [0, 0.05) is 18.3 Å². The van der Waals surface area contributed by atoms with Gasteiger partial charge in [-0.15, -0.1) is 0 Å². The third-order valence-electron chi connectivity index (χ3n) is 4.27. The van der Waals surface area contributed by atoms with E-state index in [1.807, 2.05) is 51.1 Å². The van der Waals surface area contributed by atoms with E-state index in [2.05, 4.69) is 26.3 Å². The van der Waals surface area contributed by atoms with Crippen LogP contribution in [0.15, 0.2) is 53.2 Å². The minimum Gasteiger partial charge on any atom is -0.388 e. The van der Waals surface area contributed by atoms with Gasteiger partial charge in [0.2, 0.25) is 0 Å². The molecule has 0 fully saturated rings. The van der Waals surface area contributed by atoms with Crippen molar-refractivity contribution in [1.82, 2.24) is 19.7 Å². The highest BCUT2D eigenvalue weighted by Gasteiger charge is 2.17. The molecule has 0 unspecified atom stereocenters. The lowest BCUT2D eigenvalue weighted by molar-refractivity contribution is 0.229. The Hall–Kier alpha value is -2.99. The number of fused-ring (bicyclic) bond motifs is 1. The summed E-state index contributed by atoms with van der Waals surface area (Å²) < 4.78 is 7.29. The van der Waals surface area contributed by atoms with Crippen LogP contribution in [0.3, 0.4) is 0 Å². The average molecular weight is 350 g/mol. The minimum atomic E-state index is -0.209. The Balaban J connectivity index is 2.12. The molecule has 0 atom stereocenters. The maximum atomic E-state index is 9.50. The molecule has 1 N–H and O–H groups in total. The van der Waals surface area contributed by atoms with Crippen molar-refractivity contribution in [2.75, 3.05) is 0 Å². The van der Waals surface area contributed by atoms with Crippen molar-refractivity contribution in [1.29, 1.82) is 0 Å². The Morgan fingerprint density at radius 2 is 2.19 bits per heavy atom. The van der Waals surface area contributed by atoms with Gasteiger partial charge in [0.1, 0.15) is 12.4 Å². The number of aryl methyl sites for hydroxylation is 2. The molecule has 0 spiro atoms. The summed E-state index contributed by atoms with van der Waals surface area (Å²) in [6.07, 6.45) is 9.58. The fraction of sp³-hybridized carbons (Fsp3) is 0.250. The van der Waals surface area contributed by atoms with Gasteiger partial charge in [-0.05, 0) is 32.4 Å². The number of imidazole rings is 1. The standard InChI is InChI=1S/C20H22N4O2/c1-5-7-8-15(6-2)11-24-14(4)22-20-17(24)9-16(10-21-20)19-13(3)23-26-18(19)12-25/h5-10,25H,2,11-12H2,1,3-4H3/b7-5-,15-8+. The second-order valence-electron chi connectivity index (χ2n) is 6.01. The van der Waals surface area contributed by atoms with E-state index < -0.39 is 0 Å². The first-order chi connectivity index (χ1) is 12.6. The van der Waals surface area contributed by atoms with Crippen molar-refractivity contribution in [3.63, 3.8) is 0 Å². The SMILES string of the molecule is C=C/C(=C\C=C/C)Cn1c(C)nc2ncc(-c3c(C)noc3CO)cc21. The van der Waals surface area contributed by atoms with Crippen LogP contribution >= 0.6 is 0 Å². The highest BCUT2D eigenvalue weighted by molar-refractivity contribution is 5.80. The van der Waals surface area contributed by atoms with E-state index in [4.69, 9.17) is 4.52 Å². The van der Waals surface area contributed by atoms with Crippen LogP contribution in [0.5, 0.6) is 0 Å². The summed E-state index contributed by atoms with van der Waals surface area (Å²) in [5.41, 5.74) is 5.02. The van der Waals surface area contributed by atoms with Crippen molar-refractivity contribution < 1.29 is 9.63 Å². The topological polar surface area (TPSA) is 77.0 Å². The van der Waals surface area contributed by atoms with E-state index in [0.717, 1.165) is 33.7 Å². The number of rotatable bonds is 6. The number of aromatic nitrogens is 4. The van der Waals surface area contributed by atoms with E-state index in [1.165, 1.54) is 0 Å². The molecule has 0 aliphatic heterocycles. The molecule has 3 heterocycles. The molecule has 3 aromatic rings. The summed E-state index contributed by atoms with van der Waals surface area (Å²) in [5.74, 6) is 1.31. The number of aliphatic hydroxyl groups excluding tert-OH is 1. The van der Waals surface area contributed by atoms with Gasteiger partial charge in [-0.3, -0.25) is 0 Å². The van der Waals surface area contributed by atoms with Gasteiger partial charge in [-0.2, -0.15) is 0 Å². The lowest BCUT2D eigenvalue weighted by Crippen LogP contribution is -2.02. The largest absolute Gasteiger partial charge is 0.388 e. The molecule has 6 heteroatoms. The first-order valence-electron chi connectivity index (χ1n) is 8.42. The predicted octanol–water partition coefficient (Wildman–Crippen LogP) is 3.88. The second kappa shape index (κ2) is 7.49. The summed E-state index contributed by atoms with van der Waals surface area (Å²) in [7, 11) is 0. The molecule has 134 valence electrons. The molecule has 0 radical (unpaired) electrons. The molecule has 0 aliphatic rings. The third kappa shape index (κ3) is 3.23. The monoisotopic (exact) mass is 350 g/mol. The van der Waals surface area contributed by atoms with Crippen LogP contribution in [-0.2, 0) is 13.2 Å². The van der Waals surface area contributed by atoms with Crippen molar-refractivity contribution >= 4 is 11.2 Å². The van der Waals surface area contributed by atoms with Crippen LogP contribution in [0, 0.1) is 13.8 Å². The Kier molecular flexibility index (Phi) is 5.14. The minimum absolute atomic E-state index is 0.209. The smallest absolute Gasteiger partial charge is 0.177 e. The van der Waals surface area contributed by atoms with Crippen molar-refractivity contribution in [3.05, 3.63) is 66.0 Å². The van der Waals surface area contributed by atoms with Crippen LogP contribution in [0.4, 0.5) is 0 Å². The predicted molar refractivity (Wildman–Crippen MR) is 102 cm³/mol. The Morgan fingerprint density at radius 1 is 1.38 bits per heavy atom. The van der Waals surface area contributed by atoms with E-state index >= 15 is 0 Å². The maximum Gasteiger partial charge on any atom is 0.177 e. The molecule has 0 saturated carbocycles. The van der Waals surface area contributed by atoms with Gasteiger partial charge < -0.3 is 14.2 Å². The van der Waals surface area contributed by atoms with Crippen LogP contribution in [0.2, 0.25) is 0 Å². The molecular weight excluding hydrogens is 328 g/mol. The molecule has 26 heavy (non-hydrogen) atoms. The number of hydrogen-bond acceptors (Lipinski definition) is 5. The molecular formula is C20H22N4O2. The molecule has 0 amide bonds. The van der Waals surface area contributed by atoms with Gasteiger partial charge in [0.15, 0.2) is 11.4 Å². The first-order valence-corrected chi connectivity index (χ1v) is 8.42. The molecule has 0 aliphatic carbocycles. The molecule has 0 saturated heterocycles. The maximum absolute atomic E-state index is 9.50. The summed E-state index contributed by atoms with van der Waals surface area (Å²) in [5, 5.41) is 13.5. The molecule has 3 aromatic heterocycles. The highest BCUT2D eigenvalue weighted by atomic mass is 16.5. The Bertz CT molecular complexity index is 1010. The van der Waals surface area contributed by atoms with E-state index in [1.54, 1.807) is 6.20 Å². The van der Waals surface area contributed by atoms with Crippen LogP contribution in [0.1, 0.15) is 24.2 Å². The number of aliphatic hydroxyl groups is 1. The Morgan fingerprint density at radius 3 is 2.88 bits per heavy atom. The van der Waals surface area contributed by atoms with Gasteiger partial charge >= 0.3 is 0 Å². The fourth-order valence-electron chi connectivity index (χ4n) is 2.94. The summed E-state index contributed by atoms with van der Waals surface area (Å²) in [6.45, 7) is 10.1. The van der Waals surface area contributed by atoms with Gasteiger partial charge in [0.05, 0.1) is 16.8 Å². The summed E-state index contributed by atoms with van der Waals surface area (Å²) >= 11 is 0. The number of hydrogen-bond donors (Lipinski definition) is 1. The van der Waals surface area contributed by atoms with Gasteiger partial charge in [-0.1, -0.05) is 36.0 Å². The van der Waals surface area contributed by atoms with Gasteiger partial charge in [-0.25, -0.2) is 9.97 Å². The van der Waals surface area contributed by atoms with E-state index in [9.17, 15) is 5.11 Å². The fourth-order valence-corrected chi connectivity index (χ4v) is 2.94. The Labute approximate surface area is 152 Å². The van der Waals surface area contributed by atoms with Crippen molar-refractivity contribution in [3.8, 4) is 11.1 Å². The molecule has 3 rings (SSSR count). The normalized spacial score (nSPS) is 12.4. The van der Waals surface area contributed by atoms with Crippen LogP contribution in [-0.4, -0.2) is 24.8 Å². The lowest BCUT2D eigenvalue weighted by Gasteiger charge is -2.08. The number of allylic oxidation sites excluding steroid dienone is 5. The summed E-state index contributed by atoms with van der Waals surface area (Å²) in [4.78, 5) is 9.04. The average Bonchev–Trinajstić information content (AvgIpc) is 3.17. The quantitative estimate of drug-likeness (QED) is 0.683. The third-order valence-corrected chi connectivity index (χ3v) is 4.27. The van der Waals surface area contributed by atoms with Crippen molar-refractivity contribution in [2.24, 2.45) is 0 Å². The van der Waals surface area contributed by atoms with Crippen molar-refractivity contribution in [2.45, 2.75) is 33.9 Å². The second-order valence-corrected chi connectivity index (χ2v) is 6.01. The molecule has 0 aromatic carbocycles. The zero-order valence-electron chi connectivity index (χ0n) is 15.2. The van der Waals surface area contributed by atoms with Crippen LogP contribution in [0.25, 0.3) is 22.3 Å². The van der Waals surface area contributed by atoms with Crippen LogP contribution < -0.4 is 0 Å². The first kappa shape index (κ1) is 17.8. The van der Waals surface area contributed by atoms with E-state index in [-0.39, 0.29) is 6.61 Å². The zero-order chi connectivity index (χ0) is 18.7. The number of nitrogens with zero attached hydrogens (tertiary/aromatic N) is 4. The lowest BCUT2D eigenvalue weighted by atomic mass is 10.1. The highest BCUT2D eigenvalue weighted by Crippen LogP contribution is 2.29. The number of pyridine rings is 1. The molecule has 0 bridgehead atoms. The summed E-state index contributed by atoms with van der Waals surface area (Å²) in [6, 6.07) is 2.01. The zero-order valence-corrected chi connectivity index (χ0v) is 15.2.